The molecule has 1 atom stereocenters. The molecule has 0 aliphatic rings. The van der Waals surface area contributed by atoms with Crippen LogP contribution >= 0.6 is 15.9 Å². The Balaban J connectivity index is 2.70. The number of hydrogen-bond donors (Lipinski definition) is 0. The second-order valence-electron chi connectivity index (χ2n) is 4.15. The van der Waals surface area contributed by atoms with Crippen molar-refractivity contribution in [3.8, 4) is 0 Å². The summed E-state index contributed by atoms with van der Waals surface area (Å²) in [4.78, 5) is 0. The van der Waals surface area contributed by atoms with Crippen LogP contribution in [0.5, 0.6) is 0 Å². The summed E-state index contributed by atoms with van der Waals surface area (Å²) in [5.41, 5.74) is 2.54. The third-order valence-corrected chi connectivity index (χ3v) is 3.38. The van der Waals surface area contributed by atoms with Crippen LogP contribution in [0.1, 0.15) is 50.3 Å². The Labute approximate surface area is 107 Å². The number of rotatable bonds is 6. The molecule has 0 spiro atoms. The molecule has 16 heavy (non-hydrogen) atoms. The number of hydrogen-bond acceptors (Lipinski definition) is 1. The Kier molecular flexibility index (Phi) is 6.07. The fourth-order valence-electron chi connectivity index (χ4n) is 1.69. The molecule has 1 nitrogen and oxygen atoms in total. The average Bonchev–Trinajstić information content (AvgIpc) is 2.26. The molecule has 0 heterocycles. The Morgan fingerprint density at radius 3 is 2.62 bits per heavy atom. The molecule has 0 saturated heterocycles. The standard InChI is InChI=1S/C14H21BrO/c1-4-6-9-16-14(5-2)12-8-7-11(3)10-13(12)15/h7-8,10,14H,4-6,9H2,1-3H3. The van der Waals surface area contributed by atoms with E-state index in [-0.39, 0.29) is 6.10 Å². The average molecular weight is 285 g/mol. The maximum atomic E-state index is 5.91. The minimum atomic E-state index is 0.224. The molecule has 0 aromatic heterocycles. The van der Waals surface area contributed by atoms with Gasteiger partial charge >= 0.3 is 0 Å². The van der Waals surface area contributed by atoms with Gasteiger partial charge in [0.25, 0.3) is 0 Å². The van der Waals surface area contributed by atoms with E-state index in [2.05, 4.69) is 54.9 Å². The van der Waals surface area contributed by atoms with Crippen LogP contribution in [0.25, 0.3) is 0 Å². The first-order chi connectivity index (χ1) is 7.69. The molecule has 1 aromatic rings. The molecular formula is C14H21BrO. The van der Waals surface area contributed by atoms with Gasteiger partial charge in [0, 0.05) is 11.1 Å². The number of halogens is 1. The van der Waals surface area contributed by atoms with E-state index >= 15 is 0 Å². The summed E-state index contributed by atoms with van der Waals surface area (Å²) in [6.07, 6.45) is 3.57. The molecule has 0 bridgehead atoms. The van der Waals surface area contributed by atoms with Gasteiger partial charge < -0.3 is 4.74 Å². The van der Waals surface area contributed by atoms with Gasteiger partial charge in [0.2, 0.25) is 0 Å². The lowest BCUT2D eigenvalue weighted by molar-refractivity contribution is 0.0476. The summed E-state index contributed by atoms with van der Waals surface area (Å²) in [6, 6.07) is 6.46. The van der Waals surface area contributed by atoms with E-state index in [1.165, 1.54) is 17.5 Å². The van der Waals surface area contributed by atoms with Crippen LogP contribution in [0.2, 0.25) is 0 Å². The molecule has 1 rings (SSSR count). The Bertz CT molecular complexity index is 323. The predicted octanol–water partition coefficient (Wildman–Crippen LogP) is 5.03. The van der Waals surface area contributed by atoms with Crippen LogP contribution in [0.15, 0.2) is 22.7 Å². The fraction of sp³-hybridized carbons (Fsp3) is 0.571. The molecule has 1 unspecified atom stereocenters. The maximum absolute atomic E-state index is 5.91. The van der Waals surface area contributed by atoms with Crippen LogP contribution in [-0.4, -0.2) is 6.61 Å². The Morgan fingerprint density at radius 2 is 2.06 bits per heavy atom. The number of ether oxygens (including phenoxy) is 1. The summed E-state index contributed by atoms with van der Waals surface area (Å²) in [5, 5.41) is 0. The Hall–Kier alpha value is -0.340. The minimum Gasteiger partial charge on any atom is -0.374 e. The number of benzene rings is 1. The van der Waals surface area contributed by atoms with E-state index in [0.29, 0.717) is 0 Å². The lowest BCUT2D eigenvalue weighted by Gasteiger charge is -2.18. The summed E-state index contributed by atoms with van der Waals surface area (Å²) >= 11 is 3.62. The molecule has 0 saturated carbocycles. The van der Waals surface area contributed by atoms with E-state index in [1.807, 2.05) is 0 Å². The topological polar surface area (TPSA) is 9.23 Å². The van der Waals surface area contributed by atoms with E-state index in [1.54, 1.807) is 0 Å². The predicted molar refractivity (Wildman–Crippen MR) is 72.8 cm³/mol. The van der Waals surface area contributed by atoms with Crippen molar-refractivity contribution in [2.45, 2.75) is 46.1 Å². The minimum absolute atomic E-state index is 0.224. The molecule has 0 fully saturated rings. The van der Waals surface area contributed by atoms with Gasteiger partial charge in [-0.2, -0.15) is 0 Å². The molecule has 2 heteroatoms. The van der Waals surface area contributed by atoms with Crippen molar-refractivity contribution >= 4 is 15.9 Å². The van der Waals surface area contributed by atoms with Gasteiger partial charge in [0.15, 0.2) is 0 Å². The number of aryl methyl sites for hydroxylation is 1. The van der Waals surface area contributed by atoms with Crippen LogP contribution < -0.4 is 0 Å². The van der Waals surface area contributed by atoms with Gasteiger partial charge in [0.05, 0.1) is 6.10 Å². The van der Waals surface area contributed by atoms with Gasteiger partial charge in [-0.3, -0.25) is 0 Å². The maximum Gasteiger partial charge on any atom is 0.0833 e. The second-order valence-corrected chi connectivity index (χ2v) is 5.00. The molecule has 0 amide bonds. The zero-order chi connectivity index (χ0) is 12.0. The smallest absolute Gasteiger partial charge is 0.0833 e. The molecule has 0 aliphatic carbocycles. The highest BCUT2D eigenvalue weighted by molar-refractivity contribution is 9.10. The largest absolute Gasteiger partial charge is 0.374 e. The van der Waals surface area contributed by atoms with E-state index in [4.69, 9.17) is 4.74 Å². The second kappa shape index (κ2) is 7.08. The molecular weight excluding hydrogens is 264 g/mol. The van der Waals surface area contributed by atoms with Crippen molar-refractivity contribution in [1.82, 2.24) is 0 Å². The van der Waals surface area contributed by atoms with Crippen molar-refractivity contribution in [2.24, 2.45) is 0 Å². The van der Waals surface area contributed by atoms with Gasteiger partial charge in [-0.1, -0.05) is 48.3 Å². The quantitative estimate of drug-likeness (QED) is 0.666. The molecule has 90 valence electrons. The molecule has 1 aromatic carbocycles. The summed E-state index contributed by atoms with van der Waals surface area (Å²) in [6.45, 7) is 7.32. The van der Waals surface area contributed by atoms with Crippen LogP contribution in [-0.2, 0) is 4.74 Å². The van der Waals surface area contributed by atoms with E-state index < -0.39 is 0 Å². The normalized spacial score (nSPS) is 12.8. The first-order valence-corrected chi connectivity index (χ1v) is 6.86. The third-order valence-electron chi connectivity index (χ3n) is 2.69. The lowest BCUT2D eigenvalue weighted by atomic mass is 10.1. The van der Waals surface area contributed by atoms with Crippen LogP contribution in [0.4, 0.5) is 0 Å². The Morgan fingerprint density at radius 1 is 1.31 bits per heavy atom. The highest BCUT2D eigenvalue weighted by Gasteiger charge is 2.12. The fourth-order valence-corrected chi connectivity index (χ4v) is 2.44. The van der Waals surface area contributed by atoms with Gasteiger partial charge in [-0.25, -0.2) is 0 Å². The first kappa shape index (κ1) is 13.7. The lowest BCUT2D eigenvalue weighted by Crippen LogP contribution is -2.05. The first-order valence-electron chi connectivity index (χ1n) is 6.06. The highest BCUT2D eigenvalue weighted by Crippen LogP contribution is 2.29. The summed E-state index contributed by atoms with van der Waals surface area (Å²) < 4.78 is 7.07. The zero-order valence-electron chi connectivity index (χ0n) is 10.4. The zero-order valence-corrected chi connectivity index (χ0v) is 12.0. The molecule has 0 aliphatic heterocycles. The van der Waals surface area contributed by atoms with Crippen molar-refractivity contribution in [2.75, 3.05) is 6.61 Å². The van der Waals surface area contributed by atoms with Crippen molar-refractivity contribution in [3.05, 3.63) is 33.8 Å². The number of unbranched alkanes of at least 4 members (excludes halogenated alkanes) is 1. The van der Waals surface area contributed by atoms with E-state index in [0.717, 1.165) is 23.9 Å². The molecule has 0 radical (unpaired) electrons. The SMILES string of the molecule is CCCCOC(CC)c1ccc(C)cc1Br. The van der Waals surface area contributed by atoms with E-state index in [9.17, 15) is 0 Å². The van der Waals surface area contributed by atoms with Crippen LogP contribution in [0, 0.1) is 6.92 Å². The van der Waals surface area contributed by atoms with Gasteiger partial charge in [0.1, 0.15) is 0 Å². The summed E-state index contributed by atoms with van der Waals surface area (Å²) in [5.74, 6) is 0. The van der Waals surface area contributed by atoms with Gasteiger partial charge in [-0.05, 0) is 37.0 Å². The van der Waals surface area contributed by atoms with Crippen LogP contribution in [0.3, 0.4) is 0 Å². The highest BCUT2D eigenvalue weighted by atomic mass is 79.9. The van der Waals surface area contributed by atoms with Crippen molar-refractivity contribution < 1.29 is 4.74 Å². The third kappa shape index (κ3) is 3.91. The molecule has 0 N–H and O–H groups in total. The van der Waals surface area contributed by atoms with Crippen molar-refractivity contribution in [1.29, 1.82) is 0 Å². The van der Waals surface area contributed by atoms with Gasteiger partial charge in [-0.15, -0.1) is 0 Å². The monoisotopic (exact) mass is 284 g/mol. The van der Waals surface area contributed by atoms with Crippen molar-refractivity contribution in [3.63, 3.8) is 0 Å². The summed E-state index contributed by atoms with van der Waals surface area (Å²) in [7, 11) is 0.